The molecule has 33 heavy (non-hydrogen) atoms. The second kappa shape index (κ2) is 9.38. The molecule has 0 saturated heterocycles. The molecule has 3 heterocycles. The molecule has 0 fully saturated rings. The molecule has 7 nitrogen and oxygen atoms in total. The lowest BCUT2D eigenvalue weighted by atomic mass is 10.1. The highest BCUT2D eigenvalue weighted by Crippen LogP contribution is 2.35. The van der Waals surface area contributed by atoms with Gasteiger partial charge in [-0.3, -0.25) is 4.79 Å². The number of fused-ring (bicyclic) bond motifs is 1. The number of aromatic amines is 1. The zero-order valence-electron chi connectivity index (χ0n) is 17.4. The van der Waals surface area contributed by atoms with Gasteiger partial charge in [-0.1, -0.05) is 53.7 Å². The van der Waals surface area contributed by atoms with Crippen LogP contribution in [0.2, 0.25) is 5.02 Å². The Morgan fingerprint density at radius 2 is 1.94 bits per heavy atom. The van der Waals surface area contributed by atoms with Crippen molar-refractivity contribution in [3.8, 4) is 16.9 Å². The summed E-state index contributed by atoms with van der Waals surface area (Å²) in [5.41, 5.74) is 2.45. The van der Waals surface area contributed by atoms with Crippen LogP contribution < -0.4 is 10.3 Å². The number of methoxy groups -OCH3 is 1. The molecule has 0 aliphatic heterocycles. The summed E-state index contributed by atoms with van der Waals surface area (Å²) in [4.78, 5) is 21.0. The maximum atomic E-state index is 12.8. The minimum atomic E-state index is -0.197. The lowest BCUT2D eigenvalue weighted by molar-refractivity contribution is 0.413. The van der Waals surface area contributed by atoms with Crippen LogP contribution in [0.3, 0.4) is 0 Å². The number of benzene rings is 2. The summed E-state index contributed by atoms with van der Waals surface area (Å²) in [6, 6.07) is 15.1. The summed E-state index contributed by atoms with van der Waals surface area (Å²) < 4.78 is 10.9. The van der Waals surface area contributed by atoms with Crippen LogP contribution in [-0.2, 0) is 12.2 Å². The number of halogens is 1. The molecule has 0 aliphatic carbocycles. The van der Waals surface area contributed by atoms with Crippen LogP contribution in [0.15, 0.2) is 68.3 Å². The molecule has 166 valence electrons. The number of ether oxygens (including phenoxy) is 1. The van der Waals surface area contributed by atoms with Crippen molar-refractivity contribution in [3.05, 3.63) is 86.6 Å². The summed E-state index contributed by atoms with van der Waals surface area (Å²) >= 11 is 9.06. The molecule has 0 aliphatic rings. The van der Waals surface area contributed by atoms with E-state index in [-0.39, 0.29) is 5.56 Å². The fourth-order valence-corrected chi connectivity index (χ4v) is 5.20. The largest absolute Gasteiger partial charge is 0.497 e. The Hall–Kier alpha value is -3.14. The molecule has 0 spiro atoms. The summed E-state index contributed by atoms with van der Waals surface area (Å²) in [6.45, 7) is 0. The summed E-state index contributed by atoms with van der Waals surface area (Å²) in [7, 11) is 1.63. The number of nitrogens with zero attached hydrogens (tertiary/aromatic N) is 3. The average molecular weight is 497 g/mol. The highest BCUT2D eigenvalue weighted by Gasteiger charge is 2.16. The fraction of sp³-hybridized carbons (Fsp3) is 0.130. The lowest BCUT2D eigenvalue weighted by Crippen LogP contribution is -2.10. The number of hydrogen-bond donors (Lipinski definition) is 1. The second-order valence-corrected chi connectivity index (χ2v) is 9.29. The molecule has 3 aromatic heterocycles. The van der Waals surface area contributed by atoms with Crippen LogP contribution in [0, 0.1) is 0 Å². The molecule has 0 radical (unpaired) electrons. The van der Waals surface area contributed by atoms with E-state index in [1.54, 1.807) is 13.2 Å². The molecule has 10 heteroatoms. The van der Waals surface area contributed by atoms with Crippen LogP contribution in [0.4, 0.5) is 0 Å². The molecule has 5 rings (SSSR count). The molecule has 1 N–H and O–H groups in total. The van der Waals surface area contributed by atoms with Gasteiger partial charge >= 0.3 is 0 Å². The highest BCUT2D eigenvalue weighted by molar-refractivity contribution is 7.98. The minimum Gasteiger partial charge on any atom is -0.497 e. The third kappa shape index (κ3) is 4.66. The topological polar surface area (TPSA) is 93.9 Å². The van der Waals surface area contributed by atoms with Gasteiger partial charge in [-0.05, 0) is 23.8 Å². The molecule has 0 amide bonds. The van der Waals surface area contributed by atoms with Gasteiger partial charge in [0.2, 0.25) is 5.89 Å². The van der Waals surface area contributed by atoms with Crippen molar-refractivity contribution in [3.63, 3.8) is 0 Å². The number of aromatic nitrogens is 4. The Labute approximate surface area is 201 Å². The number of rotatable bonds is 7. The first-order chi connectivity index (χ1) is 16.1. The van der Waals surface area contributed by atoms with E-state index >= 15 is 0 Å². The first kappa shape index (κ1) is 21.7. The van der Waals surface area contributed by atoms with Gasteiger partial charge in [-0.15, -0.1) is 21.5 Å². The molecule has 5 aromatic rings. The van der Waals surface area contributed by atoms with Crippen LogP contribution >= 0.6 is 34.7 Å². The number of H-pyrrole nitrogens is 1. The normalized spacial score (nSPS) is 11.2. The van der Waals surface area contributed by atoms with E-state index in [0.717, 1.165) is 22.4 Å². The van der Waals surface area contributed by atoms with Gasteiger partial charge in [0.05, 0.1) is 24.7 Å². The molecule has 2 aromatic carbocycles. The van der Waals surface area contributed by atoms with Gasteiger partial charge in [-0.25, -0.2) is 4.98 Å². The number of nitrogens with one attached hydrogen (secondary N) is 1. The SMILES string of the molecule is COc1ccc(Cc2nnc(SCc3nc4scc(-c5ccccc5Cl)c4c(=O)[nH]3)o2)cc1. The molecule has 0 bridgehead atoms. The maximum absolute atomic E-state index is 12.8. The smallest absolute Gasteiger partial charge is 0.277 e. The molecular formula is C23H17ClN4O3S2. The third-order valence-corrected chi connectivity index (χ3v) is 6.98. The predicted octanol–water partition coefficient (Wildman–Crippen LogP) is 5.58. The van der Waals surface area contributed by atoms with Crippen LogP contribution in [0.25, 0.3) is 21.3 Å². The van der Waals surface area contributed by atoms with E-state index in [4.69, 9.17) is 20.8 Å². The lowest BCUT2D eigenvalue weighted by Gasteiger charge is -2.03. The Balaban J connectivity index is 1.30. The van der Waals surface area contributed by atoms with E-state index in [0.29, 0.717) is 44.4 Å². The highest BCUT2D eigenvalue weighted by atomic mass is 35.5. The monoisotopic (exact) mass is 496 g/mol. The van der Waals surface area contributed by atoms with Crippen molar-refractivity contribution in [2.45, 2.75) is 17.4 Å². The van der Waals surface area contributed by atoms with Crippen LogP contribution in [0.5, 0.6) is 5.75 Å². The maximum Gasteiger partial charge on any atom is 0.277 e. The molecule has 0 unspecified atom stereocenters. The Morgan fingerprint density at radius 3 is 2.73 bits per heavy atom. The Kier molecular flexibility index (Phi) is 6.17. The van der Waals surface area contributed by atoms with Gasteiger partial charge in [0, 0.05) is 21.5 Å². The van der Waals surface area contributed by atoms with E-state index in [1.165, 1.54) is 23.1 Å². The van der Waals surface area contributed by atoms with Crippen LogP contribution in [0.1, 0.15) is 17.3 Å². The predicted molar refractivity (Wildman–Crippen MR) is 130 cm³/mol. The summed E-state index contributed by atoms with van der Waals surface area (Å²) in [5.74, 6) is 2.25. The van der Waals surface area contributed by atoms with Crippen molar-refractivity contribution in [1.29, 1.82) is 0 Å². The average Bonchev–Trinajstić information content (AvgIpc) is 3.46. The van der Waals surface area contributed by atoms with Gasteiger partial charge in [0.1, 0.15) is 16.4 Å². The quantitative estimate of drug-likeness (QED) is 0.294. The summed E-state index contributed by atoms with van der Waals surface area (Å²) in [5, 5.41) is 11.7. The minimum absolute atomic E-state index is 0.197. The Morgan fingerprint density at radius 1 is 1.12 bits per heavy atom. The van der Waals surface area contributed by atoms with Crippen LogP contribution in [-0.4, -0.2) is 27.3 Å². The number of thioether (sulfide) groups is 1. The molecule has 0 saturated carbocycles. The second-order valence-electron chi connectivity index (χ2n) is 7.10. The van der Waals surface area contributed by atoms with Crippen molar-refractivity contribution in [2.75, 3.05) is 7.11 Å². The summed E-state index contributed by atoms with van der Waals surface area (Å²) in [6.07, 6.45) is 0.526. The molecular weight excluding hydrogens is 480 g/mol. The van der Waals surface area contributed by atoms with Gasteiger partial charge in [0.15, 0.2) is 0 Å². The Bertz CT molecular complexity index is 1480. The van der Waals surface area contributed by atoms with Crippen molar-refractivity contribution in [2.24, 2.45) is 0 Å². The van der Waals surface area contributed by atoms with Crippen molar-refractivity contribution in [1.82, 2.24) is 20.2 Å². The zero-order chi connectivity index (χ0) is 22.8. The van der Waals surface area contributed by atoms with Crippen molar-refractivity contribution >= 4 is 44.9 Å². The van der Waals surface area contributed by atoms with E-state index < -0.39 is 0 Å². The van der Waals surface area contributed by atoms with Gasteiger partial charge in [-0.2, -0.15) is 0 Å². The molecule has 0 atom stereocenters. The first-order valence-corrected chi connectivity index (χ1v) is 12.2. The van der Waals surface area contributed by atoms with Gasteiger partial charge in [0.25, 0.3) is 10.8 Å². The third-order valence-electron chi connectivity index (χ3n) is 4.95. The van der Waals surface area contributed by atoms with E-state index in [2.05, 4.69) is 20.2 Å². The number of hydrogen-bond acceptors (Lipinski definition) is 8. The van der Waals surface area contributed by atoms with Crippen molar-refractivity contribution < 1.29 is 9.15 Å². The van der Waals surface area contributed by atoms with E-state index in [1.807, 2.05) is 47.8 Å². The fourth-order valence-electron chi connectivity index (χ4n) is 3.36. The zero-order valence-corrected chi connectivity index (χ0v) is 19.8. The van der Waals surface area contributed by atoms with E-state index in [9.17, 15) is 4.79 Å². The first-order valence-electron chi connectivity index (χ1n) is 9.94. The number of thiophene rings is 1. The standard InChI is InChI=1S/C23H17ClN4O3S2/c1-30-14-8-6-13(7-9-14)10-19-27-28-23(31-19)33-12-18-25-21(29)20-16(11-32-22(20)26-18)15-4-2-3-5-17(15)24/h2-9,11H,10,12H2,1H3,(H,25,26,29). The van der Waals surface area contributed by atoms with Gasteiger partial charge < -0.3 is 14.1 Å².